The molecule has 0 atom stereocenters. The number of rotatable bonds is 3. The summed E-state index contributed by atoms with van der Waals surface area (Å²) in [6.45, 7) is 0. The van der Waals surface area contributed by atoms with E-state index >= 15 is 0 Å². The lowest BCUT2D eigenvalue weighted by Gasteiger charge is -2.07. The summed E-state index contributed by atoms with van der Waals surface area (Å²) >= 11 is 6.99. The molecule has 3 aromatic heterocycles. The van der Waals surface area contributed by atoms with Crippen LogP contribution >= 0.6 is 23.6 Å². The van der Waals surface area contributed by atoms with Gasteiger partial charge in [0.15, 0.2) is 15.4 Å². The topological polar surface area (TPSA) is 52.8 Å². The largest absolute Gasteiger partial charge is 0.480 e. The van der Waals surface area contributed by atoms with Crippen molar-refractivity contribution in [2.75, 3.05) is 7.11 Å². The molecule has 118 valence electrons. The first-order valence-corrected chi connectivity index (χ1v) is 8.44. The molecule has 0 spiro atoms. The van der Waals surface area contributed by atoms with Gasteiger partial charge in [0.05, 0.1) is 7.11 Å². The molecular formula is C17H12N4OS2. The van der Waals surface area contributed by atoms with Crippen LogP contribution in [-0.2, 0) is 0 Å². The van der Waals surface area contributed by atoms with E-state index in [0.29, 0.717) is 15.7 Å². The van der Waals surface area contributed by atoms with Crippen molar-refractivity contribution in [1.29, 1.82) is 0 Å². The zero-order chi connectivity index (χ0) is 16.5. The molecule has 0 N–H and O–H groups in total. The van der Waals surface area contributed by atoms with Gasteiger partial charge in [-0.3, -0.25) is 9.55 Å². The summed E-state index contributed by atoms with van der Waals surface area (Å²) in [6, 6.07) is 13.7. The van der Waals surface area contributed by atoms with Gasteiger partial charge >= 0.3 is 0 Å². The highest BCUT2D eigenvalue weighted by Gasteiger charge is 2.17. The van der Waals surface area contributed by atoms with Crippen LogP contribution in [0, 0.1) is 3.95 Å². The van der Waals surface area contributed by atoms with E-state index in [4.69, 9.17) is 21.9 Å². The highest BCUT2D eigenvalue weighted by Crippen LogP contribution is 2.33. The van der Waals surface area contributed by atoms with E-state index in [0.717, 1.165) is 21.6 Å². The lowest BCUT2D eigenvalue weighted by atomic mass is 10.2. The van der Waals surface area contributed by atoms with Crippen molar-refractivity contribution in [2.24, 2.45) is 0 Å². The number of nitrogens with zero attached hydrogens (tertiary/aromatic N) is 4. The Morgan fingerprint density at radius 2 is 1.92 bits per heavy atom. The first-order valence-electron chi connectivity index (χ1n) is 7.21. The molecule has 0 bridgehead atoms. The lowest BCUT2D eigenvalue weighted by molar-refractivity contribution is 0.404. The number of pyridine rings is 1. The van der Waals surface area contributed by atoms with Crippen LogP contribution in [0.15, 0.2) is 54.9 Å². The van der Waals surface area contributed by atoms with E-state index < -0.39 is 0 Å². The van der Waals surface area contributed by atoms with Crippen LogP contribution in [-0.4, -0.2) is 26.6 Å². The van der Waals surface area contributed by atoms with Crippen molar-refractivity contribution < 1.29 is 4.74 Å². The molecule has 0 saturated heterocycles. The Morgan fingerprint density at radius 3 is 2.62 bits per heavy atom. The normalized spacial score (nSPS) is 10.9. The summed E-state index contributed by atoms with van der Waals surface area (Å²) in [7, 11) is 1.60. The monoisotopic (exact) mass is 352 g/mol. The Morgan fingerprint density at radius 1 is 1.08 bits per heavy atom. The van der Waals surface area contributed by atoms with E-state index in [1.165, 1.54) is 11.3 Å². The Hall–Kier alpha value is -2.64. The first-order chi connectivity index (χ1) is 11.8. The molecule has 0 unspecified atom stereocenters. The highest BCUT2D eigenvalue weighted by molar-refractivity contribution is 7.73. The molecule has 5 nitrogen and oxygen atoms in total. The SMILES string of the molecule is COc1nc(-c2cccnc2)nc2c1sc(=S)n2-c1ccccc1. The van der Waals surface area contributed by atoms with Crippen molar-refractivity contribution in [3.63, 3.8) is 0 Å². The van der Waals surface area contributed by atoms with Gasteiger partial charge in [-0.1, -0.05) is 29.5 Å². The third-order valence-electron chi connectivity index (χ3n) is 3.53. The minimum atomic E-state index is 0.518. The zero-order valence-corrected chi connectivity index (χ0v) is 14.3. The number of hydrogen-bond donors (Lipinski definition) is 0. The van der Waals surface area contributed by atoms with Crippen LogP contribution in [0.2, 0.25) is 0 Å². The van der Waals surface area contributed by atoms with Crippen LogP contribution in [0.5, 0.6) is 5.88 Å². The average Bonchev–Trinajstić information content (AvgIpc) is 2.98. The van der Waals surface area contributed by atoms with Crippen LogP contribution in [0.4, 0.5) is 0 Å². The molecule has 0 aliphatic rings. The van der Waals surface area contributed by atoms with Gasteiger partial charge in [-0.05, 0) is 36.5 Å². The molecule has 0 aliphatic carbocycles. The Balaban J connectivity index is 2.05. The van der Waals surface area contributed by atoms with Gasteiger partial charge in [0.2, 0.25) is 5.88 Å². The second-order valence-corrected chi connectivity index (χ2v) is 6.63. The quantitative estimate of drug-likeness (QED) is 0.515. The van der Waals surface area contributed by atoms with Gasteiger partial charge < -0.3 is 4.74 Å². The average molecular weight is 352 g/mol. The smallest absolute Gasteiger partial charge is 0.236 e. The Bertz CT molecular complexity index is 1060. The molecule has 4 aromatic rings. The fourth-order valence-electron chi connectivity index (χ4n) is 2.45. The molecule has 0 saturated carbocycles. The first kappa shape index (κ1) is 14.9. The lowest BCUT2D eigenvalue weighted by Crippen LogP contribution is -1.99. The molecule has 24 heavy (non-hydrogen) atoms. The summed E-state index contributed by atoms with van der Waals surface area (Å²) in [6.07, 6.45) is 3.45. The van der Waals surface area contributed by atoms with E-state index in [-0.39, 0.29) is 0 Å². The second kappa shape index (κ2) is 6.10. The van der Waals surface area contributed by atoms with Gasteiger partial charge in [-0.15, -0.1) is 0 Å². The van der Waals surface area contributed by atoms with Crippen LogP contribution in [0.3, 0.4) is 0 Å². The molecule has 1 aromatic carbocycles. The summed E-state index contributed by atoms with van der Waals surface area (Å²) in [5, 5.41) is 0. The fourth-order valence-corrected chi connectivity index (χ4v) is 3.79. The maximum absolute atomic E-state index is 5.55. The van der Waals surface area contributed by atoms with E-state index in [1.54, 1.807) is 19.5 Å². The minimum Gasteiger partial charge on any atom is -0.480 e. The predicted molar refractivity (Wildman–Crippen MR) is 97.4 cm³/mol. The van der Waals surface area contributed by atoms with Gasteiger partial charge in [0, 0.05) is 23.6 Å². The number of fused-ring (bicyclic) bond motifs is 1. The Kier molecular flexibility index (Phi) is 3.79. The fraction of sp³-hybridized carbons (Fsp3) is 0.0588. The molecule has 7 heteroatoms. The summed E-state index contributed by atoms with van der Waals surface area (Å²) in [4.78, 5) is 13.4. The van der Waals surface area contributed by atoms with E-state index in [1.807, 2.05) is 47.0 Å². The number of thiazole rings is 1. The molecule has 0 aliphatic heterocycles. The maximum Gasteiger partial charge on any atom is 0.236 e. The standard InChI is InChI=1S/C17H12N4OS2/c1-22-16-13-15(19-14(20-16)11-6-5-9-18-10-11)21(17(23)24-13)12-7-3-2-4-8-12/h2-10H,1H3. The predicted octanol–water partition coefficient (Wildman–Crippen LogP) is 4.28. The highest BCUT2D eigenvalue weighted by atomic mass is 32.1. The number of para-hydroxylation sites is 1. The number of benzene rings is 1. The third-order valence-corrected chi connectivity index (χ3v) is 4.88. The van der Waals surface area contributed by atoms with Crippen molar-refractivity contribution in [2.45, 2.75) is 0 Å². The second-order valence-electron chi connectivity index (χ2n) is 4.99. The Labute approximate surface area is 147 Å². The van der Waals surface area contributed by atoms with Gasteiger partial charge in [-0.2, -0.15) is 4.98 Å². The number of hydrogen-bond acceptors (Lipinski definition) is 6. The van der Waals surface area contributed by atoms with Crippen molar-refractivity contribution in [3.8, 4) is 23.0 Å². The van der Waals surface area contributed by atoms with Crippen molar-refractivity contribution in [3.05, 3.63) is 58.8 Å². The molecule has 0 radical (unpaired) electrons. The van der Waals surface area contributed by atoms with E-state index in [2.05, 4.69) is 9.97 Å². The summed E-state index contributed by atoms with van der Waals surface area (Å²) in [5.74, 6) is 1.08. The van der Waals surface area contributed by atoms with E-state index in [9.17, 15) is 0 Å². The molecule has 3 heterocycles. The minimum absolute atomic E-state index is 0.518. The molecule has 0 fully saturated rings. The number of aromatic nitrogens is 4. The zero-order valence-electron chi connectivity index (χ0n) is 12.7. The summed E-state index contributed by atoms with van der Waals surface area (Å²) in [5.41, 5.74) is 2.53. The number of ether oxygens (including phenoxy) is 1. The van der Waals surface area contributed by atoms with Gasteiger partial charge in [-0.25, -0.2) is 4.98 Å². The third kappa shape index (κ3) is 2.47. The molecule has 0 amide bonds. The molecular weight excluding hydrogens is 340 g/mol. The summed E-state index contributed by atoms with van der Waals surface area (Å²) < 4.78 is 8.95. The van der Waals surface area contributed by atoms with Gasteiger partial charge in [0.25, 0.3) is 0 Å². The van der Waals surface area contributed by atoms with Crippen molar-refractivity contribution >= 4 is 33.9 Å². The van der Waals surface area contributed by atoms with Crippen LogP contribution in [0.1, 0.15) is 0 Å². The maximum atomic E-state index is 5.55. The van der Waals surface area contributed by atoms with Crippen LogP contribution in [0.25, 0.3) is 27.4 Å². The van der Waals surface area contributed by atoms with Gasteiger partial charge in [0.1, 0.15) is 4.70 Å². The number of methoxy groups -OCH3 is 1. The molecule has 4 rings (SSSR count). The van der Waals surface area contributed by atoms with Crippen LogP contribution < -0.4 is 4.74 Å². The van der Waals surface area contributed by atoms with Crippen molar-refractivity contribution in [1.82, 2.24) is 19.5 Å².